The van der Waals surface area contributed by atoms with Crippen molar-refractivity contribution in [2.24, 2.45) is 0 Å². The van der Waals surface area contributed by atoms with Gasteiger partial charge in [0.1, 0.15) is 5.82 Å². The Balaban J connectivity index is 2.37. The molecule has 0 saturated heterocycles. The second-order valence-corrected chi connectivity index (χ2v) is 3.65. The Labute approximate surface area is 105 Å². The minimum absolute atomic E-state index is 0.0915. The molecule has 0 bridgehead atoms. The topological polar surface area (TPSA) is 35.8 Å². The van der Waals surface area contributed by atoms with E-state index in [4.69, 9.17) is 5.26 Å². The fourth-order valence-electron chi connectivity index (χ4n) is 1.45. The van der Waals surface area contributed by atoms with E-state index >= 15 is 0 Å². The van der Waals surface area contributed by atoms with Crippen molar-refractivity contribution in [2.45, 2.75) is 0 Å². The van der Waals surface area contributed by atoms with E-state index in [0.29, 0.717) is 0 Å². The van der Waals surface area contributed by atoms with Gasteiger partial charge in [-0.3, -0.25) is 0 Å². The van der Waals surface area contributed by atoms with Gasteiger partial charge in [-0.15, -0.1) is 0 Å². The SMILES string of the molecule is N#Cc1ccc(Nc2ccc(F)c(F)c2F)c(F)c1. The molecule has 96 valence electrons. The molecule has 0 fully saturated rings. The molecule has 6 heteroatoms. The number of nitrogens with zero attached hydrogens (tertiary/aromatic N) is 1. The maximum Gasteiger partial charge on any atom is 0.196 e. The van der Waals surface area contributed by atoms with Crippen LogP contribution in [0, 0.1) is 34.6 Å². The third kappa shape index (κ3) is 2.50. The summed E-state index contributed by atoms with van der Waals surface area (Å²) in [5, 5.41) is 10.9. The van der Waals surface area contributed by atoms with Gasteiger partial charge in [-0.25, -0.2) is 17.6 Å². The summed E-state index contributed by atoms with van der Waals surface area (Å²) in [5.41, 5.74) is -0.458. The van der Waals surface area contributed by atoms with Crippen LogP contribution in [0.3, 0.4) is 0 Å². The van der Waals surface area contributed by atoms with E-state index in [9.17, 15) is 17.6 Å². The summed E-state index contributed by atoms with van der Waals surface area (Å²) in [7, 11) is 0. The van der Waals surface area contributed by atoms with Gasteiger partial charge in [-0.05, 0) is 30.3 Å². The Morgan fingerprint density at radius 3 is 2.16 bits per heavy atom. The lowest BCUT2D eigenvalue weighted by atomic mass is 10.2. The second kappa shape index (κ2) is 4.98. The molecule has 0 aromatic heterocycles. The van der Waals surface area contributed by atoms with Crippen LogP contribution in [0.15, 0.2) is 30.3 Å². The zero-order chi connectivity index (χ0) is 14.0. The van der Waals surface area contributed by atoms with Crippen LogP contribution in [0.2, 0.25) is 0 Å². The predicted molar refractivity (Wildman–Crippen MR) is 60.7 cm³/mol. The average Bonchev–Trinajstić information content (AvgIpc) is 2.41. The first kappa shape index (κ1) is 12.9. The lowest BCUT2D eigenvalue weighted by molar-refractivity contribution is 0.449. The minimum atomic E-state index is -1.64. The quantitative estimate of drug-likeness (QED) is 0.661. The van der Waals surface area contributed by atoms with E-state index in [1.807, 2.05) is 0 Å². The summed E-state index contributed by atoms with van der Waals surface area (Å²) in [6.45, 7) is 0. The number of halogens is 4. The van der Waals surface area contributed by atoms with Crippen LogP contribution in [0.5, 0.6) is 0 Å². The molecule has 0 aliphatic rings. The molecule has 0 saturated carbocycles. The number of benzene rings is 2. The molecule has 0 atom stereocenters. The smallest absolute Gasteiger partial charge is 0.196 e. The van der Waals surface area contributed by atoms with E-state index < -0.39 is 29.0 Å². The van der Waals surface area contributed by atoms with Crippen LogP contribution < -0.4 is 5.32 Å². The van der Waals surface area contributed by atoms with Crippen molar-refractivity contribution in [3.05, 3.63) is 59.2 Å². The second-order valence-electron chi connectivity index (χ2n) is 3.65. The summed E-state index contributed by atoms with van der Waals surface area (Å²) in [4.78, 5) is 0. The van der Waals surface area contributed by atoms with Crippen LogP contribution in [-0.4, -0.2) is 0 Å². The van der Waals surface area contributed by atoms with E-state index in [0.717, 1.165) is 18.2 Å². The predicted octanol–water partition coefficient (Wildman–Crippen LogP) is 3.86. The summed E-state index contributed by atoms with van der Waals surface area (Å²) in [5.74, 6) is -5.21. The van der Waals surface area contributed by atoms with Crippen molar-refractivity contribution in [3.63, 3.8) is 0 Å². The third-order valence-electron chi connectivity index (χ3n) is 2.40. The molecule has 0 unspecified atom stereocenters. The number of hydrogen-bond acceptors (Lipinski definition) is 2. The van der Waals surface area contributed by atoms with Gasteiger partial charge < -0.3 is 5.32 Å². The molecule has 0 aliphatic heterocycles. The van der Waals surface area contributed by atoms with Gasteiger partial charge >= 0.3 is 0 Å². The van der Waals surface area contributed by atoms with Gasteiger partial charge in [0.15, 0.2) is 17.5 Å². The van der Waals surface area contributed by atoms with Crippen molar-refractivity contribution in [3.8, 4) is 6.07 Å². The maximum atomic E-state index is 13.5. The van der Waals surface area contributed by atoms with Crippen molar-refractivity contribution in [1.29, 1.82) is 5.26 Å². The molecule has 0 amide bonds. The molecule has 2 aromatic rings. The van der Waals surface area contributed by atoms with Crippen LogP contribution in [0.4, 0.5) is 28.9 Å². The highest BCUT2D eigenvalue weighted by Crippen LogP contribution is 2.25. The minimum Gasteiger partial charge on any atom is -0.351 e. The average molecular weight is 266 g/mol. The first-order valence-corrected chi connectivity index (χ1v) is 5.13. The molecule has 2 nitrogen and oxygen atoms in total. The molecular formula is C13H6F4N2. The Bertz CT molecular complexity index is 677. The number of nitriles is 1. The summed E-state index contributed by atoms with van der Waals surface area (Å²) < 4.78 is 52.6. The zero-order valence-corrected chi connectivity index (χ0v) is 9.35. The normalized spacial score (nSPS) is 10.1. The monoisotopic (exact) mass is 266 g/mol. The summed E-state index contributed by atoms with van der Waals surface area (Å²) >= 11 is 0. The van der Waals surface area contributed by atoms with Gasteiger partial charge in [0.05, 0.1) is 23.0 Å². The van der Waals surface area contributed by atoms with Crippen LogP contribution in [0.1, 0.15) is 5.56 Å². The Hall–Kier alpha value is -2.55. The molecule has 0 spiro atoms. The van der Waals surface area contributed by atoms with E-state index in [-0.39, 0.29) is 11.3 Å². The zero-order valence-electron chi connectivity index (χ0n) is 9.35. The largest absolute Gasteiger partial charge is 0.351 e. The highest BCUT2D eigenvalue weighted by atomic mass is 19.2. The molecule has 19 heavy (non-hydrogen) atoms. The molecular weight excluding hydrogens is 260 g/mol. The number of anilines is 2. The van der Waals surface area contributed by atoms with E-state index in [1.54, 1.807) is 6.07 Å². The molecule has 0 heterocycles. The van der Waals surface area contributed by atoms with Gasteiger partial charge in [0, 0.05) is 0 Å². The molecule has 1 N–H and O–H groups in total. The van der Waals surface area contributed by atoms with Crippen LogP contribution >= 0.6 is 0 Å². The number of rotatable bonds is 2. The van der Waals surface area contributed by atoms with Crippen molar-refractivity contribution < 1.29 is 17.6 Å². The molecule has 0 radical (unpaired) electrons. The standard InChI is InChI=1S/C13H6F4N2/c14-8-2-4-11(13(17)12(8)16)19-10-3-1-7(6-18)5-9(10)15/h1-5,19H. The van der Waals surface area contributed by atoms with Gasteiger partial charge in [-0.1, -0.05) is 0 Å². The third-order valence-corrected chi connectivity index (χ3v) is 2.40. The molecule has 0 aliphatic carbocycles. The number of nitrogens with one attached hydrogen (secondary N) is 1. The summed E-state index contributed by atoms with van der Waals surface area (Å²) in [6.07, 6.45) is 0. The van der Waals surface area contributed by atoms with Gasteiger partial charge in [-0.2, -0.15) is 5.26 Å². The van der Waals surface area contributed by atoms with Crippen LogP contribution in [-0.2, 0) is 0 Å². The lowest BCUT2D eigenvalue weighted by Crippen LogP contribution is -2.00. The number of hydrogen-bond donors (Lipinski definition) is 1. The maximum absolute atomic E-state index is 13.5. The van der Waals surface area contributed by atoms with Crippen molar-refractivity contribution >= 4 is 11.4 Å². The first-order chi connectivity index (χ1) is 9.02. The fourth-order valence-corrected chi connectivity index (χ4v) is 1.45. The highest BCUT2D eigenvalue weighted by Gasteiger charge is 2.14. The Morgan fingerprint density at radius 1 is 0.842 bits per heavy atom. The van der Waals surface area contributed by atoms with E-state index in [1.165, 1.54) is 12.1 Å². The van der Waals surface area contributed by atoms with Crippen molar-refractivity contribution in [1.82, 2.24) is 0 Å². The summed E-state index contributed by atoms with van der Waals surface area (Å²) in [6, 6.07) is 6.87. The van der Waals surface area contributed by atoms with E-state index in [2.05, 4.69) is 5.32 Å². The van der Waals surface area contributed by atoms with Gasteiger partial charge in [0.25, 0.3) is 0 Å². The van der Waals surface area contributed by atoms with Gasteiger partial charge in [0.2, 0.25) is 0 Å². The molecule has 2 aromatic carbocycles. The van der Waals surface area contributed by atoms with Crippen LogP contribution in [0.25, 0.3) is 0 Å². The fraction of sp³-hybridized carbons (Fsp3) is 0. The lowest BCUT2D eigenvalue weighted by Gasteiger charge is -2.09. The Kier molecular flexibility index (Phi) is 3.38. The first-order valence-electron chi connectivity index (χ1n) is 5.13. The molecule has 2 rings (SSSR count). The van der Waals surface area contributed by atoms with Crippen molar-refractivity contribution in [2.75, 3.05) is 5.32 Å². The Morgan fingerprint density at radius 2 is 1.53 bits per heavy atom. The highest BCUT2D eigenvalue weighted by molar-refractivity contribution is 5.61.